The molecule has 0 aliphatic heterocycles. The quantitative estimate of drug-likeness (QED) is 0.306. The van der Waals surface area contributed by atoms with Gasteiger partial charge in [-0.3, -0.25) is 0 Å². The molecule has 0 saturated heterocycles. The van der Waals surface area contributed by atoms with Crippen LogP contribution in [-0.4, -0.2) is 18.9 Å². The summed E-state index contributed by atoms with van der Waals surface area (Å²) in [5.74, 6) is 0. The van der Waals surface area contributed by atoms with Crippen molar-refractivity contribution >= 4 is 6.08 Å². The molecule has 0 aromatic heterocycles. The molecule has 0 aliphatic rings. The molecular formula is C13H25NO2. The summed E-state index contributed by atoms with van der Waals surface area (Å²) in [5, 5.41) is 0. The van der Waals surface area contributed by atoms with Crippen molar-refractivity contribution in [2.45, 2.75) is 71.4 Å². The van der Waals surface area contributed by atoms with Gasteiger partial charge < -0.3 is 4.74 Å². The molecule has 0 N–H and O–H groups in total. The topological polar surface area (TPSA) is 38.7 Å². The van der Waals surface area contributed by atoms with E-state index in [1.165, 1.54) is 38.5 Å². The van der Waals surface area contributed by atoms with Crippen molar-refractivity contribution in [3.63, 3.8) is 0 Å². The van der Waals surface area contributed by atoms with Gasteiger partial charge in [0.15, 0.2) is 6.23 Å². The molecule has 0 radical (unpaired) electrons. The van der Waals surface area contributed by atoms with Crippen LogP contribution in [-0.2, 0) is 9.53 Å². The van der Waals surface area contributed by atoms with Gasteiger partial charge in [-0.15, -0.1) is 0 Å². The van der Waals surface area contributed by atoms with Crippen LogP contribution >= 0.6 is 0 Å². The van der Waals surface area contributed by atoms with Gasteiger partial charge >= 0.3 is 0 Å². The number of rotatable bonds is 11. The second kappa shape index (κ2) is 12.4. The number of unbranched alkanes of at least 4 members (excludes halogenated alkanes) is 6. The molecule has 0 aliphatic carbocycles. The number of hydrogen-bond donors (Lipinski definition) is 0. The van der Waals surface area contributed by atoms with Gasteiger partial charge in [0.1, 0.15) is 0 Å². The standard InChI is InChI=1S/C13H25NO2/c1-3-5-6-7-8-9-10-11-13(14-12-15)16-4-2/h13H,3-11H2,1-2H3. The average Bonchev–Trinajstić information content (AvgIpc) is 2.28. The third-order valence-corrected chi connectivity index (χ3v) is 2.61. The maximum absolute atomic E-state index is 10.1. The molecule has 0 bridgehead atoms. The minimum absolute atomic E-state index is 0.266. The van der Waals surface area contributed by atoms with E-state index in [9.17, 15) is 4.79 Å². The van der Waals surface area contributed by atoms with E-state index in [0.717, 1.165) is 12.8 Å². The molecular weight excluding hydrogens is 202 g/mol. The predicted octanol–water partition coefficient (Wildman–Crippen LogP) is 3.83. The Labute approximate surface area is 99.3 Å². The lowest BCUT2D eigenvalue weighted by molar-refractivity contribution is 0.0615. The van der Waals surface area contributed by atoms with Gasteiger partial charge in [-0.1, -0.05) is 45.4 Å². The maximum Gasteiger partial charge on any atom is 0.237 e. The molecule has 94 valence electrons. The van der Waals surface area contributed by atoms with Gasteiger partial charge in [0.2, 0.25) is 6.08 Å². The molecule has 16 heavy (non-hydrogen) atoms. The van der Waals surface area contributed by atoms with Crippen LogP contribution in [0.5, 0.6) is 0 Å². The first-order valence-electron chi connectivity index (χ1n) is 6.53. The molecule has 0 spiro atoms. The maximum atomic E-state index is 10.1. The zero-order valence-electron chi connectivity index (χ0n) is 10.7. The minimum Gasteiger partial charge on any atom is -0.356 e. The van der Waals surface area contributed by atoms with Crippen LogP contribution in [0.4, 0.5) is 0 Å². The zero-order valence-corrected chi connectivity index (χ0v) is 10.7. The van der Waals surface area contributed by atoms with Crippen molar-refractivity contribution < 1.29 is 9.53 Å². The smallest absolute Gasteiger partial charge is 0.237 e. The summed E-state index contributed by atoms with van der Waals surface area (Å²) < 4.78 is 5.30. The predicted molar refractivity (Wildman–Crippen MR) is 66.1 cm³/mol. The lowest BCUT2D eigenvalue weighted by atomic mass is 10.1. The molecule has 3 nitrogen and oxygen atoms in total. The van der Waals surface area contributed by atoms with Gasteiger partial charge in [0.25, 0.3) is 0 Å². The Bertz CT molecular complexity index is 188. The highest BCUT2D eigenvalue weighted by Crippen LogP contribution is 2.11. The Morgan fingerprint density at radius 1 is 1.06 bits per heavy atom. The van der Waals surface area contributed by atoms with E-state index in [-0.39, 0.29) is 6.23 Å². The van der Waals surface area contributed by atoms with Crippen LogP contribution in [0.3, 0.4) is 0 Å². The van der Waals surface area contributed by atoms with Crippen LogP contribution in [0, 0.1) is 0 Å². The van der Waals surface area contributed by atoms with Crippen molar-refractivity contribution in [2.75, 3.05) is 6.61 Å². The van der Waals surface area contributed by atoms with E-state index in [2.05, 4.69) is 11.9 Å². The molecule has 1 unspecified atom stereocenters. The Balaban J connectivity index is 3.36. The highest BCUT2D eigenvalue weighted by molar-refractivity contribution is 5.33. The summed E-state index contributed by atoms with van der Waals surface area (Å²) in [5.41, 5.74) is 0. The van der Waals surface area contributed by atoms with Crippen molar-refractivity contribution in [3.05, 3.63) is 0 Å². The third-order valence-electron chi connectivity index (χ3n) is 2.61. The van der Waals surface area contributed by atoms with Crippen LogP contribution in [0.25, 0.3) is 0 Å². The summed E-state index contributed by atoms with van der Waals surface area (Å²) in [7, 11) is 0. The first kappa shape index (κ1) is 15.3. The van der Waals surface area contributed by atoms with Crippen LogP contribution in [0.15, 0.2) is 4.99 Å². The van der Waals surface area contributed by atoms with E-state index in [4.69, 9.17) is 4.74 Å². The molecule has 0 amide bonds. The second-order valence-corrected chi connectivity index (χ2v) is 4.04. The van der Waals surface area contributed by atoms with E-state index >= 15 is 0 Å². The van der Waals surface area contributed by atoms with E-state index in [0.29, 0.717) is 6.61 Å². The fraction of sp³-hybridized carbons (Fsp3) is 0.923. The minimum atomic E-state index is -0.266. The summed E-state index contributed by atoms with van der Waals surface area (Å²) in [6.45, 7) is 4.74. The van der Waals surface area contributed by atoms with Crippen LogP contribution in [0.2, 0.25) is 0 Å². The molecule has 1 atom stereocenters. The van der Waals surface area contributed by atoms with Crippen molar-refractivity contribution in [2.24, 2.45) is 4.99 Å². The number of hydrogen-bond acceptors (Lipinski definition) is 3. The van der Waals surface area contributed by atoms with Gasteiger partial charge in [-0.2, -0.15) is 4.99 Å². The average molecular weight is 227 g/mol. The summed E-state index contributed by atoms with van der Waals surface area (Å²) >= 11 is 0. The molecule has 0 rings (SSSR count). The van der Waals surface area contributed by atoms with E-state index in [1.807, 2.05) is 6.92 Å². The van der Waals surface area contributed by atoms with Gasteiger partial charge in [0, 0.05) is 6.61 Å². The first-order chi connectivity index (χ1) is 7.85. The Morgan fingerprint density at radius 2 is 1.69 bits per heavy atom. The SMILES string of the molecule is CCCCCCCCCC(N=C=O)OCC. The van der Waals surface area contributed by atoms with Gasteiger partial charge in [-0.25, -0.2) is 4.79 Å². The second-order valence-electron chi connectivity index (χ2n) is 4.04. The number of carbonyl (C=O) groups excluding carboxylic acids is 1. The van der Waals surface area contributed by atoms with E-state index < -0.39 is 0 Å². The van der Waals surface area contributed by atoms with Crippen molar-refractivity contribution in [1.29, 1.82) is 0 Å². The normalized spacial score (nSPS) is 12.1. The highest BCUT2D eigenvalue weighted by atomic mass is 16.5. The molecule has 0 saturated carbocycles. The molecule has 0 fully saturated rings. The highest BCUT2D eigenvalue weighted by Gasteiger charge is 2.04. The Hall–Kier alpha value is -0.660. The number of ether oxygens (including phenoxy) is 1. The molecule has 0 aromatic rings. The Morgan fingerprint density at radius 3 is 2.25 bits per heavy atom. The fourth-order valence-corrected chi connectivity index (χ4v) is 1.71. The van der Waals surface area contributed by atoms with Crippen molar-refractivity contribution in [1.82, 2.24) is 0 Å². The number of isocyanates is 1. The molecule has 3 heteroatoms. The fourth-order valence-electron chi connectivity index (χ4n) is 1.71. The monoisotopic (exact) mass is 227 g/mol. The number of nitrogens with zero attached hydrogens (tertiary/aromatic N) is 1. The van der Waals surface area contributed by atoms with Crippen molar-refractivity contribution in [3.8, 4) is 0 Å². The summed E-state index contributed by atoms with van der Waals surface area (Å²) in [6.07, 6.45) is 11.0. The summed E-state index contributed by atoms with van der Waals surface area (Å²) in [6, 6.07) is 0. The molecule has 0 aromatic carbocycles. The lowest BCUT2D eigenvalue weighted by Gasteiger charge is -2.09. The van der Waals surface area contributed by atoms with E-state index in [1.54, 1.807) is 6.08 Å². The van der Waals surface area contributed by atoms with Gasteiger partial charge in [-0.05, 0) is 19.8 Å². The Kier molecular flexibility index (Phi) is 11.9. The van der Waals surface area contributed by atoms with Crippen LogP contribution < -0.4 is 0 Å². The molecule has 0 heterocycles. The zero-order chi connectivity index (χ0) is 12.1. The first-order valence-corrected chi connectivity index (χ1v) is 6.53. The number of aliphatic imine (C=N–C) groups is 1. The largest absolute Gasteiger partial charge is 0.356 e. The summed E-state index contributed by atoms with van der Waals surface area (Å²) in [4.78, 5) is 13.8. The third kappa shape index (κ3) is 9.88. The van der Waals surface area contributed by atoms with Crippen LogP contribution in [0.1, 0.15) is 65.2 Å². The lowest BCUT2D eigenvalue weighted by Crippen LogP contribution is -2.09. The van der Waals surface area contributed by atoms with Gasteiger partial charge in [0.05, 0.1) is 0 Å².